The molecule has 1 rings (SSSR count). The van der Waals surface area contributed by atoms with Crippen LogP contribution in [0.15, 0.2) is 6.20 Å². The largest absolute Gasteiger partial charge is 0.573 e. The molecule has 18 heavy (non-hydrogen) atoms. The zero-order valence-corrected chi connectivity index (χ0v) is 8.72. The van der Waals surface area contributed by atoms with E-state index in [-0.39, 0.29) is 6.29 Å². The molecular formula is C8H5F3N2O5. The highest BCUT2D eigenvalue weighted by Gasteiger charge is 2.38. The van der Waals surface area contributed by atoms with Crippen molar-refractivity contribution in [3.63, 3.8) is 0 Å². The SMILES string of the molecule is COc1ncc(C=O)c(OC(F)(F)F)c1[N+](=O)[O-]. The Morgan fingerprint density at radius 1 is 1.50 bits per heavy atom. The predicted molar refractivity (Wildman–Crippen MR) is 49.5 cm³/mol. The van der Waals surface area contributed by atoms with E-state index in [0.29, 0.717) is 6.20 Å². The summed E-state index contributed by atoms with van der Waals surface area (Å²) in [4.78, 5) is 23.4. The molecule has 0 bridgehead atoms. The van der Waals surface area contributed by atoms with Crippen molar-refractivity contribution in [3.8, 4) is 11.6 Å². The molecule has 98 valence electrons. The lowest BCUT2D eigenvalue weighted by atomic mass is 10.2. The summed E-state index contributed by atoms with van der Waals surface area (Å²) < 4.78 is 44.3. The van der Waals surface area contributed by atoms with Crippen molar-refractivity contribution < 1.29 is 32.4 Å². The summed E-state index contributed by atoms with van der Waals surface area (Å²) in [5.74, 6) is -1.95. The van der Waals surface area contributed by atoms with Gasteiger partial charge in [-0.3, -0.25) is 14.9 Å². The Morgan fingerprint density at radius 3 is 2.50 bits per heavy atom. The molecule has 1 aromatic heterocycles. The Hall–Kier alpha value is -2.39. The van der Waals surface area contributed by atoms with Gasteiger partial charge in [-0.05, 0) is 0 Å². The summed E-state index contributed by atoms with van der Waals surface area (Å²) in [5, 5.41) is 10.7. The number of methoxy groups -OCH3 is 1. The second-order valence-corrected chi connectivity index (χ2v) is 2.82. The first kappa shape index (κ1) is 13.7. The number of halogens is 3. The van der Waals surface area contributed by atoms with Crippen molar-refractivity contribution in [1.82, 2.24) is 4.98 Å². The van der Waals surface area contributed by atoms with Crippen LogP contribution in [0, 0.1) is 10.1 Å². The third kappa shape index (κ3) is 2.84. The van der Waals surface area contributed by atoms with E-state index in [4.69, 9.17) is 0 Å². The number of nitro groups is 1. The van der Waals surface area contributed by atoms with Crippen molar-refractivity contribution in [2.24, 2.45) is 0 Å². The summed E-state index contributed by atoms with van der Waals surface area (Å²) in [6.45, 7) is 0. The molecule has 0 saturated heterocycles. The lowest BCUT2D eigenvalue weighted by molar-refractivity contribution is -0.389. The van der Waals surface area contributed by atoms with E-state index in [1.165, 1.54) is 0 Å². The first-order chi connectivity index (χ1) is 8.30. The first-order valence-electron chi connectivity index (χ1n) is 4.22. The minimum absolute atomic E-state index is 0.0412. The number of carbonyl (C=O) groups is 1. The van der Waals surface area contributed by atoms with E-state index in [1.54, 1.807) is 0 Å². The Balaban J connectivity index is 3.50. The van der Waals surface area contributed by atoms with E-state index >= 15 is 0 Å². The third-order valence-corrected chi connectivity index (χ3v) is 1.72. The summed E-state index contributed by atoms with van der Waals surface area (Å²) in [6.07, 6.45) is -4.55. The molecule has 0 saturated carbocycles. The van der Waals surface area contributed by atoms with Gasteiger partial charge in [-0.2, -0.15) is 0 Å². The van der Waals surface area contributed by atoms with Gasteiger partial charge in [0.1, 0.15) is 0 Å². The molecule has 1 heterocycles. The second kappa shape index (κ2) is 4.85. The molecule has 1 aromatic rings. The molecule has 0 aliphatic rings. The minimum atomic E-state index is -5.19. The van der Waals surface area contributed by atoms with E-state index in [2.05, 4.69) is 14.5 Å². The van der Waals surface area contributed by atoms with E-state index in [1.807, 2.05) is 0 Å². The maximum atomic E-state index is 12.1. The van der Waals surface area contributed by atoms with Crippen LogP contribution in [-0.4, -0.2) is 29.7 Å². The van der Waals surface area contributed by atoms with Gasteiger partial charge in [0, 0.05) is 6.20 Å². The quantitative estimate of drug-likeness (QED) is 0.468. The molecule has 0 unspecified atom stereocenters. The van der Waals surface area contributed by atoms with Crippen LogP contribution >= 0.6 is 0 Å². The monoisotopic (exact) mass is 266 g/mol. The molecule has 0 radical (unpaired) electrons. The maximum absolute atomic E-state index is 12.1. The fourth-order valence-electron chi connectivity index (χ4n) is 1.10. The Morgan fingerprint density at radius 2 is 2.11 bits per heavy atom. The lowest BCUT2D eigenvalue weighted by Crippen LogP contribution is -2.19. The summed E-state index contributed by atoms with van der Waals surface area (Å²) >= 11 is 0. The van der Waals surface area contributed by atoms with E-state index < -0.39 is 34.2 Å². The highest BCUT2D eigenvalue weighted by Crippen LogP contribution is 2.39. The molecule has 0 atom stereocenters. The number of nitrogens with zero attached hydrogens (tertiary/aromatic N) is 2. The predicted octanol–water partition coefficient (Wildman–Crippen LogP) is 1.71. The zero-order valence-electron chi connectivity index (χ0n) is 8.72. The van der Waals surface area contributed by atoms with Crippen LogP contribution in [0.5, 0.6) is 11.6 Å². The second-order valence-electron chi connectivity index (χ2n) is 2.82. The first-order valence-corrected chi connectivity index (χ1v) is 4.22. The van der Waals surface area contributed by atoms with E-state index in [9.17, 15) is 28.1 Å². The smallest absolute Gasteiger partial charge is 0.476 e. The van der Waals surface area contributed by atoms with Crippen LogP contribution < -0.4 is 9.47 Å². The van der Waals surface area contributed by atoms with Gasteiger partial charge in [0.05, 0.1) is 17.6 Å². The van der Waals surface area contributed by atoms with Gasteiger partial charge in [-0.25, -0.2) is 4.98 Å². The van der Waals surface area contributed by atoms with Gasteiger partial charge < -0.3 is 9.47 Å². The highest BCUT2D eigenvalue weighted by atomic mass is 19.4. The Kier molecular flexibility index (Phi) is 3.69. The minimum Gasteiger partial charge on any atom is -0.476 e. The van der Waals surface area contributed by atoms with Gasteiger partial charge in [-0.1, -0.05) is 0 Å². The number of aromatic nitrogens is 1. The van der Waals surface area contributed by atoms with Crippen LogP contribution in [0.3, 0.4) is 0 Å². The van der Waals surface area contributed by atoms with Crippen LogP contribution in [0.4, 0.5) is 18.9 Å². The standard InChI is InChI=1S/C8H5F3N2O5/c1-17-7-5(13(15)16)6(18-8(9,10)11)4(3-14)2-12-7/h2-3H,1H3. The molecule has 0 aliphatic carbocycles. The number of alkyl halides is 3. The molecule has 0 fully saturated rings. The van der Waals surface area contributed by atoms with Gasteiger partial charge in [0.2, 0.25) is 5.75 Å². The number of hydrogen-bond donors (Lipinski definition) is 0. The van der Waals surface area contributed by atoms with Crippen molar-refractivity contribution >= 4 is 12.0 Å². The van der Waals surface area contributed by atoms with Crippen molar-refractivity contribution in [3.05, 3.63) is 21.9 Å². The van der Waals surface area contributed by atoms with Crippen molar-refractivity contribution in [2.75, 3.05) is 7.11 Å². The van der Waals surface area contributed by atoms with Crippen molar-refractivity contribution in [2.45, 2.75) is 6.36 Å². The van der Waals surface area contributed by atoms with Gasteiger partial charge in [-0.15, -0.1) is 13.2 Å². The van der Waals surface area contributed by atoms with Crippen LogP contribution in [0.2, 0.25) is 0 Å². The Bertz CT molecular complexity index is 488. The maximum Gasteiger partial charge on any atom is 0.573 e. The number of hydrogen-bond acceptors (Lipinski definition) is 6. The molecule has 0 amide bonds. The third-order valence-electron chi connectivity index (χ3n) is 1.72. The highest BCUT2D eigenvalue weighted by molar-refractivity contribution is 5.82. The molecule has 7 nitrogen and oxygen atoms in total. The van der Waals surface area contributed by atoms with Gasteiger partial charge in [0.25, 0.3) is 5.88 Å². The number of aldehydes is 1. The van der Waals surface area contributed by atoms with E-state index in [0.717, 1.165) is 7.11 Å². The average molecular weight is 266 g/mol. The lowest BCUT2D eigenvalue weighted by Gasteiger charge is -2.11. The zero-order chi connectivity index (χ0) is 13.9. The van der Waals surface area contributed by atoms with Crippen LogP contribution in [0.25, 0.3) is 0 Å². The molecule has 0 aliphatic heterocycles. The fraction of sp³-hybridized carbons (Fsp3) is 0.250. The number of rotatable bonds is 4. The Labute approximate surface area is 97.3 Å². The van der Waals surface area contributed by atoms with Crippen LogP contribution in [-0.2, 0) is 0 Å². The number of pyridine rings is 1. The summed E-state index contributed by atoms with van der Waals surface area (Å²) in [5.41, 5.74) is -1.88. The van der Waals surface area contributed by atoms with Crippen LogP contribution in [0.1, 0.15) is 10.4 Å². The van der Waals surface area contributed by atoms with Gasteiger partial charge in [0.15, 0.2) is 6.29 Å². The fourth-order valence-corrected chi connectivity index (χ4v) is 1.10. The molecule has 0 spiro atoms. The number of carbonyl (C=O) groups excluding carboxylic acids is 1. The molecule has 0 aromatic carbocycles. The molecular weight excluding hydrogens is 261 g/mol. The summed E-state index contributed by atoms with van der Waals surface area (Å²) in [7, 11) is 0.979. The van der Waals surface area contributed by atoms with Crippen molar-refractivity contribution in [1.29, 1.82) is 0 Å². The van der Waals surface area contributed by atoms with Gasteiger partial charge >= 0.3 is 12.0 Å². The topological polar surface area (TPSA) is 91.6 Å². The average Bonchev–Trinajstić information content (AvgIpc) is 2.25. The summed E-state index contributed by atoms with van der Waals surface area (Å²) in [6, 6.07) is 0. The molecule has 10 heteroatoms. The molecule has 0 N–H and O–H groups in total. The normalized spacial score (nSPS) is 10.9. The number of ether oxygens (including phenoxy) is 2.